The van der Waals surface area contributed by atoms with Crippen LogP contribution in [-0.4, -0.2) is 5.78 Å². The third kappa shape index (κ3) is 2.96. The Kier molecular flexibility index (Phi) is 3.77. The van der Waals surface area contributed by atoms with Crippen molar-refractivity contribution >= 4 is 5.78 Å². The van der Waals surface area contributed by atoms with Gasteiger partial charge >= 0.3 is 0 Å². The Labute approximate surface area is 75.5 Å². The van der Waals surface area contributed by atoms with Gasteiger partial charge in [0.05, 0.1) is 0 Å². The summed E-state index contributed by atoms with van der Waals surface area (Å²) < 4.78 is 0. The zero-order valence-electron chi connectivity index (χ0n) is 8.31. The molecule has 0 aromatic carbocycles. The van der Waals surface area contributed by atoms with Gasteiger partial charge in [-0.05, 0) is 25.2 Å². The molecule has 0 amide bonds. The lowest BCUT2D eigenvalue weighted by Gasteiger charge is -2.07. The number of carbonyl (C=O) groups is 1. The Balaban J connectivity index is 2.09. The largest absolute Gasteiger partial charge is 0.299 e. The van der Waals surface area contributed by atoms with Gasteiger partial charge in [0.25, 0.3) is 0 Å². The van der Waals surface area contributed by atoms with Gasteiger partial charge < -0.3 is 0 Å². The maximum atomic E-state index is 11.5. The monoisotopic (exact) mass is 168 g/mol. The summed E-state index contributed by atoms with van der Waals surface area (Å²) in [6, 6.07) is 0. The van der Waals surface area contributed by atoms with Gasteiger partial charge in [-0.15, -0.1) is 0 Å². The second kappa shape index (κ2) is 4.64. The van der Waals surface area contributed by atoms with Crippen molar-refractivity contribution in [3.63, 3.8) is 0 Å². The van der Waals surface area contributed by atoms with Crippen LogP contribution < -0.4 is 0 Å². The predicted molar refractivity (Wildman–Crippen MR) is 51.0 cm³/mol. The average Bonchev–Trinajstić information content (AvgIpc) is 2.86. The minimum absolute atomic E-state index is 0.363. The SMILES string of the molecule is CCCCCC(=O)C(C)C1CC1. The molecule has 1 unspecified atom stereocenters. The molecule has 0 saturated heterocycles. The fourth-order valence-corrected chi connectivity index (χ4v) is 1.64. The van der Waals surface area contributed by atoms with Crippen molar-refractivity contribution in [3.05, 3.63) is 0 Å². The molecule has 0 N–H and O–H groups in total. The van der Waals surface area contributed by atoms with E-state index in [0.717, 1.165) is 18.8 Å². The first-order valence-corrected chi connectivity index (χ1v) is 5.28. The smallest absolute Gasteiger partial charge is 0.135 e. The number of Topliss-reactive ketones (excluding diaryl/α,β-unsaturated/α-hetero) is 1. The number of carbonyl (C=O) groups excluding carboxylic acids is 1. The summed E-state index contributed by atoms with van der Waals surface area (Å²) >= 11 is 0. The molecule has 0 spiro atoms. The molecule has 0 aliphatic heterocycles. The highest BCUT2D eigenvalue weighted by Crippen LogP contribution is 2.37. The van der Waals surface area contributed by atoms with E-state index in [1.807, 2.05) is 0 Å². The van der Waals surface area contributed by atoms with Crippen molar-refractivity contribution in [2.45, 2.75) is 52.4 Å². The molecule has 0 heterocycles. The third-order valence-electron chi connectivity index (χ3n) is 2.86. The van der Waals surface area contributed by atoms with Gasteiger partial charge in [-0.2, -0.15) is 0 Å². The molecular formula is C11H20O. The Bertz CT molecular complexity index is 147. The topological polar surface area (TPSA) is 17.1 Å². The molecule has 1 atom stereocenters. The summed E-state index contributed by atoms with van der Waals surface area (Å²) in [5.41, 5.74) is 0. The average molecular weight is 168 g/mol. The molecule has 70 valence electrons. The van der Waals surface area contributed by atoms with E-state index in [4.69, 9.17) is 0 Å². The molecule has 1 aliphatic carbocycles. The molecule has 1 rings (SSSR count). The molecule has 12 heavy (non-hydrogen) atoms. The van der Waals surface area contributed by atoms with E-state index in [2.05, 4.69) is 13.8 Å². The normalized spacial score (nSPS) is 19.2. The Morgan fingerprint density at radius 2 is 2.08 bits per heavy atom. The number of rotatable bonds is 6. The van der Waals surface area contributed by atoms with E-state index in [-0.39, 0.29) is 0 Å². The number of hydrogen-bond donors (Lipinski definition) is 0. The van der Waals surface area contributed by atoms with Gasteiger partial charge in [0.15, 0.2) is 0 Å². The van der Waals surface area contributed by atoms with Crippen molar-refractivity contribution in [3.8, 4) is 0 Å². The fraction of sp³-hybridized carbons (Fsp3) is 0.909. The minimum Gasteiger partial charge on any atom is -0.299 e. The van der Waals surface area contributed by atoms with Crippen LogP contribution >= 0.6 is 0 Å². The summed E-state index contributed by atoms with van der Waals surface area (Å²) in [7, 11) is 0. The molecule has 1 nitrogen and oxygen atoms in total. The molecule has 1 fully saturated rings. The van der Waals surface area contributed by atoms with Crippen LogP contribution in [0.1, 0.15) is 52.4 Å². The van der Waals surface area contributed by atoms with Gasteiger partial charge in [-0.25, -0.2) is 0 Å². The maximum Gasteiger partial charge on any atom is 0.135 e. The van der Waals surface area contributed by atoms with Crippen LogP contribution in [-0.2, 0) is 4.79 Å². The summed E-state index contributed by atoms with van der Waals surface area (Å²) in [6.07, 6.45) is 6.94. The van der Waals surface area contributed by atoms with Crippen LogP contribution in [0.25, 0.3) is 0 Å². The number of ketones is 1. The van der Waals surface area contributed by atoms with Gasteiger partial charge in [0.1, 0.15) is 5.78 Å². The summed E-state index contributed by atoms with van der Waals surface area (Å²) in [6.45, 7) is 4.28. The first-order valence-electron chi connectivity index (χ1n) is 5.28. The maximum absolute atomic E-state index is 11.5. The van der Waals surface area contributed by atoms with Crippen molar-refractivity contribution < 1.29 is 4.79 Å². The van der Waals surface area contributed by atoms with Gasteiger partial charge in [-0.1, -0.05) is 26.7 Å². The summed E-state index contributed by atoms with van der Waals surface area (Å²) in [5.74, 6) is 1.62. The van der Waals surface area contributed by atoms with Gasteiger partial charge in [0, 0.05) is 12.3 Å². The number of hydrogen-bond acceptors (Lipinski definition) is 1. The zero-order valence-corrected chi connectivity index (χ0v) is 8.31. The second-order valence-electron chi connectivity index (χ2n) is 4.05. The quantitative estimate of drug-likeness (QED) is 0.557. The second-order valence-corrected chi connectivity index (χ2v) is 4.05. The van der Waals surface area contributed by atoms with Gasteiger partial charge in [0.2, 0.25) is 0 Å². The van der Waals surface area contributed by atoms with Crippen molar-refractivity contribution in [2.75, 3.05) is 0 Å². The van der Waals surface area contributed by atoms with Crippen LogP contribution in [0.15, 0.2) is 0 Å². The van der Waals surface area contributed by atoms with Crippen molar-refractivity contribution in [2.24, 2.45) is 11.8 Å². The van der Waals surface area contributed by atoms with Crippen LogP contribution in [0.2, 0.25) is 0 Å². The Morgan fingerprint density at radius 1 is 1.42 bits per heavy atom. The first-order chi connectivity index (χ1) is 5.75. The third-order valence-corrected chi connectivity index (χ3v) is 2.86. The van der Waals surface area contributed by atoms with Crippen LogP contribution in [0.3, 0.4) is 0 Å². The lowest BCUT2D eigenvalue weighted by molar-refractivity contribution is -0.123. The highest BCUT2D eigenvalue weighted by Gasteiger charge is 2.31. The highest BCUT2D eigenvalue weighted by atomic mass is 16.1. The predicted octanol–water partition coefficient (Wildman–Crippen LogP) is 3.18. The molecule has 1 heteroatoms. The molecule has 0 aromatic heterocycles. The molecular weight excluding hydrogens is 148 g/mol. The summed E-state index contributed by atoms with van der Waals surface area (Å²) in [5, 5.41) is 0. The van der Waals surface area contributed by atoms with Crippen molar-refractivity contribution in [1.29, 1.82) is 0 Å². The first kappa shape index (κ1) is 9.76. The molecule has 0 aromatic rings. The van der Waals surface area contributed by atoms with Gasteiger partial charge in [-0.3, -0.25) is 4.79 Å². The standard InChI is InChI=1S/C11H20O/c1-3-4-5-6-11(12)9(2)10-7-8-10/h9-10H,3-8H2,1-2H3. The van der Waals surface area contributed by atoms with Crippen molar-refractivity contribution in [1.82, 2.24) is 0 Å². The molecule has 1 aliphatic rings. The fourth-order valence-electron chi connectivity index (χ4n) is 1.64. The molecule has 1 saturated carbocycles. The van der Waals surface area contributed by atoms with E-state index < -0.39 is 0 Å². The van der Waals surface area contributed by atoms with E-state index >= 15 is 0 Å². The Morgan fingerprint density at radius 3 is 2.58 bits per heavy atom. The lowest BCUT2D eigenvalue weighted by atomic mass is 9.97. The van der Waals surface area contributed by atoms with Crippen LogP contribution in [0, 0.1) is 11.8 Å². The summed E-state index contributed by atoms with van der Waals surface area (Å²) in [4.78, 5) is 11.5. The number of unbranched alkanes of at least 4 members (excludes halogenated alkanes) is 2. The Hall–Kier alpha value is -0.330. The van der Waals surface area contributed by atoms with E-state index in [1.54, 1.807) is 0 Å². The molecule has 0 bridgehead atoms. The van der Waals surface area contributed by atoms with Crippen LogP contribution in [0.5, 0.6) is 0 Å². The van der Waals surface area contributed by atoms with E-state index in [0.29, 0.717) is 11.7 Å². The lowest BCUT2D eigenvalue weighted by Crippen LogP contribution is -2.12. The molecule has 0 radical (unpaired) electrons. The van der Waals surface area contributed by atoms with E-state index in [1.165, 1.54) is 25.7 Å². The van der Waals surface area contributed by atoms with Crippen LogP contribution in [0.4, 0.5) is 0 Å². The minimum atomic E-state index is 0.363. The zero-order chi connectivity index (χ0) is 8.97. The van der Waals surface area contributed by atoms with E-state index in [9.17, 15) is 4.79 Å². The highest BCUT2D eigenvalue weighted by molar-refractivity contribution is 5.81.